The van der Waals surface area contributed by atoms with Crippen molar-refractivity contribution in [2.75, 3.05) is 18.8 Å². The van der Waals surface area contributed by atoms with Crippen molar-refractivity contribution in [2.45, 2.75) is 39.5 Å². The minimum atomic E-state index is 0.0871. The first-order chi connectivity index (χ1) is 11.0. The maximum atomic E-state index is 13.0. The molecule has 2 aromatic rings. The summed E-state index contributed by atoms with van der Waals surface area (Å²) in [5, 5.41) is 0.970. The number of carbonyl (C=O) groups excluding carboxylic acids is 1. The summed E-state index contributed by atoms with van der Waals surface area (Å²) < 4.78 is 0. The minimum absolute atomic E-state index is 0.0871. The third kappa shape index (κ3) is 2.51. The van der Waals surface area contributed by atoms with Gasteiger partial charge in [-0.05, 0) is 49.1 Å². The molecule has 2 aromatic heterocycles. The van der Waals surface area contributed by atoms with Crippen LogP contribution in [0, 0.1) is 11.8 Å². The number of thiophene rings is 1. The Labute approximate surface area is 140 Å². The van der Waals surface area contributed by atoms with E-state index in [-0.39, 0.29) is 5.91 Å². The van der Waals surface area contributed by atoms with Crippen molar-refractivity contribution in [3.8, 4) is 0 Å². The summed E-state index contributed by atoms with van der Waals surface area (Å²) in [7, 11) is 0. The lowest BCUT2D eigenvalue weighted by Gasteiger charge is -2.34. The van der Waals surface area contributed by atoms with E-state index >= 15 is 0 Å². The van der Waals surface area contributed by atoms with E-state index in [0.717, 1.165) is 36.1 Å². The summed E-state index contributed by atoms with van der Waals surface area (Å²) in [6.07, 6.45) is 4.50. The fraction of sp³-hybridized carbons (Fsp3) is 0.556. The number of likely N-dealkylation sites (tertiary alicyclic amines) is 1. The summed E-state index contributed by atoms with van der Waals surface area (Å²) >= 11 is 1.47. The Morgan fingerprint density at radius 1 is 1.30 bits per heavy atom. The van der Waals surface area contributed by atoms with Crippen LogP contribution in [0.3, 0.4) is 0 Å². The zero-order valence-electron chi connectivity index (χ0n) is 13.8. The van der Waals surface area contributed by atoms with Gasteiger partial charge in [0, 0.05) is 24.2 Å². The number of aromatic nitrogens is 1. The molecule has 3 heterocycles. The van der Waals surface area contributed by atoms with Crippen LogP contribution in [0.4, 0.5) is 5.69 Å². The third-order valence-electron chi connectivity index (χ3n) is 5.10. The van der Waals surface area contributed by atoms with Gasteiger partial charge in [-0.1, -0.05) is 13.8 Å². The number of carbonyl (C=O) groups is 1. The predicted octanol–water partition coefficient (Wildman–Crippen LogP) is 3.49. The van der Waals surface area contributed by atoms with Crippen molar-refractivity contribution in [1.82, 2.24) is 9.88 Å². The van der Waals surface area contributed by atoms with Crippen LogP contribution in [-0.2, 0) is 12.8 Å². The molecule has 4 rings (SSSR count). The van der Waals surface area contributed by atoms with Crippen LogP contribution in [0.15, 0.2) is 6.07 Å². The van der Waals surface area contributed by atoms with Gasteiger partial charge in [0.1, 0.15) is 9.71 Å². The lowest BCUT2D eigenvalue weighted by Crippen LogP contribution is -2.42. The Kier molecular flexibility index (Phi) is 3.56. The molecule has 0 spiro atoms. The van der Waals surface area contributed by atoms with Crippen LogP contribution in [0.25, 0.3) is 10.2 Å². The average molecular weight is 329 g/mol. The first-order valence-electron chi connectivity index (χ1n) is 8.53. The number of anilines is 1. The number of amides is 1. The number of fused-ring (bicyclic) bond motifs is 2. The van der Waals surface area contributed by atoms with E-state index < -0.39 is 0 Å². The highest BCUT2D eigenvalue weighted by Crippen LogP contribution is 2.37. The second-order valence-corrected chi connectivity index (χ2v) is 8.30. The molecule has 1 aliphatic heterocycles. The number of nitrogens with zero attached hydrogens (tertiary/aromatic N) is 2. The molecule has 0 bridgehead atoms. The summed E-state index contributed by atoms with van der Waals surface area (Å²) in [5.74, 6) is 1.20. The molecule has 0 aromatic carbocycles. The maximum absolute atomic E-state index is 13.0. The molecule has 23 heavy (non-hydrogen) atoms. The number of piperidine rings is 1. The molecule has 1 fully saturated rings. The quantitative estimate of drug-likeness (QED) is 0.871. The maximum Gasteiger partial charge on any atom is 0.266 e. The molecule has 5 heteroatoms. The number of aryl methyl sites for hydroxylation is 2. The molecule has 0 saturated carbocycles. The van der Waals surface area contributed by atoms with Crippen molar-refractivity contribution in [1.29, 1.82) is 0 Å². The lowest BCUT2D eigenvalue weighted by atomic mass is 9.92. The van der Waals surface area contributed by atoms with E-state index in [4.69, 9.17) is 10.7 Å². The average Bonchev–Trinajstić information content (AvgIpc) is 3.08. The standard InChI is InChI=1S/C18H23N3OS/c1-10-6-11(2)9-21(8-10)18(22)16-15(19)13-7-12-4-3-5-14(12)20-17(13)23-16/h7,10-11H,3-6,8-9,19H2,1-2H3. The Morgan fingerprint density at radius 2 is 2.04 bits per heavy atom. The van der Waals surface area contributed by atoms with Gasteiger partial charge in [-0.25, -0.2) is 4.98 Å². The van der Waals surface area contributed by atoms with Gasteiger partial charge < -0.3 is 10.6 Å². The molecule has 4 nitrogen and oxygen atoms in total. The van der Waals surface area contributed by atoms with E-state index in [9.17, 15) is 4.79 Å². The number of hydrogen-bond donors (Lipinski definition) is 1. The van der Waals surface area contributed by atoms with Gasteiger partial charge in [-0.3, -0.25) is 4.79 Å². The van der Waals surface area contributed by atoms with Gasteiger partial charge >= 0.3 is 0 Å². The topological polar surface area (TPSA) is 59.2 Å². The van der Waals surface area contributed by atoms with Gasteiger partial charge in [0.05, 0.1) is 5.69 Å². The van der Waals surface area contributed by atoms with Gasteiger partial charge in [-0.15, -0.1) is 11.3 Å². The molecule has 2 aliphatic rings. The normalized spacial score (nSPS) is 24.2. The summed E-state index contributed by atoms with van der Waals surface area (Å²) in [6, 6.07) is 2.16. The number of nitrogens with two attached hydrogens (primary N) is 1. The Bertz CT molecular complexity index is 772. The molecule has 2 atom stereocenters. The van der Waals surface area contributed by atoms with Crippen LogP contribution in [-0.4, -0.2) is 28.9 Å². The first kappa shape index (κ1) is 14.9. The van der Waals surface area contributed by atoms with Crippen LogP contribution in [0.2, 0.25) is 0 Å². The van der Waals surface area contributed by atoms with Crippen LogP contribution < -0.4 is 5.73 Å². The number of pyridine rings is 1. The van der Waals surface area contributed by atoms with E-state index in [1.165, 1.54) is 35.4 Å². The van der Waals surface area contributed by atoms with Crippen molar-refractivity contribution in [3.05, 3.63) is 22.2 Å². The van der Waals surface area contributed by atoms with Crippen molar-refractivity contribution < 1.29 is 4.79 Å². The summed E-state index contributed by atoms with van der Waals surface area (Å²) in [4.78, 5) is 21.3. The first-order valence-corrected chi connectivity index (χ1v) is 9.34. The number of nitrogen functional groups attached to an aromatic ring is 1. The largest absolute Gasteiger partial charge is 0.397 e. The zero-order chi connectivity index (χ0) is 16.1. The Balaban J connectivity index is 1.71. The molecule has 1 aliphatic carbocycles. The fourth-order valence-electron chi connectivity index (χ4n) is 4.13. The molecule has 2 unspecified atom stereocenters. The molecular formula is C18H23N3OS. The molecule has 122 valence electrons. The lowest BCUT2D eigenvalue weighted by molar-refractivity contribution is 0.0629. The van der Waals surface area contributed by atoms with Gasteiger partial charge in [-0.2, -0.15) is 0 Å². The monoisotopic (exact) mass is 329 g/mol. The van der Waals surface area contributed by atoms with Crippen LogP contribution in [0.1, 0.15) is 47.6 Å². The molecule has 1 amide bonds. The molecule has 0 radical (unpaired) electrons. The van der Waals surface area contributed by atoms with Crippen LogP contribution in [0.5, 0.6) is 0 Å². The Hall–Kier alpha value is -1.62. The number of hydrogen-bond acceptors (Lipinski definition) is 4. The highest BCUT2D eigenvalue weighted by atomic mass is 32.1. The molecule has 2 N–H and O–H groups in total. The highest BCUT2D eigenvalue weighted by molar-refractivity contribution is 7.21. The van der Waals surface area contributed by atoms with Gasteiger partial charge in [0.2, 0.25) is 0 Å². The SMILES string of the molecule is CC1CC(C)CN(C(=O)c2sc3nc4c(cc3c2N)CCC4)C1. The zero-order valence-corrected chi connectivity index (χ0v) is 14.6. The summed E-state index contributed by atoms with van der Waals surface area (Å²) in [6.45, 7) is 6.11. The predicted molar refractivity (Wildman–Crippen MR) is 94.9 cm³/mol. The third-order valence-corrected chi connectivity index (χ3v) is 6.20. The number of rotatable bonds is 1. The van der Waals surface area contributed by atoms with Crippen molar-refractivity contribution >= 4 is 33.1 Å². The highest BCUT2D eigenvalue weighted by Gasteiger charge is 2.29. The minimum Gasteiger partial charge on any atom is -0.397 e. The Morgan fingerprint density at radius 3 is 2.78 bits per heavy atom. The smallest absolute Gasteiger partial charge is 0.266 e. The van der Waals surface area contributed by atoms with E-state index in [0.29, 0.717) is 22.4 Å². The second-order valence-electron chi connectivity index (χ2n) is 7.30. The van der Waals surface area contributed by atoms with E-state index in [2.05, 4.69) is 19.9 Å². The van der Waals surface area contributed by atoms with Gasteiger partial charge in [0.25, 0.3) is 5.91 Å². The van der Waals surface area contributed by atoms with Gasteiger partial charge in [0.15, 0.2) is 0 Å². The molecule has 1 saturated heterocycles. The van der Waals surface area contributed by atoms with Crippen molar-refractivity contribution in [2.24, 2.45) is 11.8 Å². The van der Waals surface area contributed by atoms with E-state index in [1.807, 2.05) is 4.90 Å². The second kappa shape index (κ2) is 5.48. The van der Waals surface area contributed by atoms with Crippen LogP contribution >= 0.6 is 11.3 Å². The molecular weight excluding hydrogens is 306 g/mol. The summed E-state index contributed by atoms with van der Waals surface area (Å²) in [5.41, 5.74) is 9.46. The van der Waals surface area contributed by atoms with E-state index in [1.54, 1.807) is 0 Å². The van der Waals surface area contributed by atoms with Crippen molar-refractivity contribution in [3.63, 3.8) is 0 Å². The fourth-order valence-corrected chi connectivity index (χ4v) is 5.19.